The van der Waals surface area contributed by atoms with Crippen molar-refractivity contribution in [2.45, 2.75) is 6.54 Å². The SMILES string of the molecule is Cl.Cn1c(=O)c2c(ncn2CCN)n(C)c1=O. The Labute approximate surface area is 103 Å². The summed E-state index contributed by atoms with van der Waals surface area (Å²) >= 11 is 0. The van der Waals surface area contributed by atoms with Crippen LogP contribution < -0.4 is 17.0 Å². The molecule has 94 valence electrons. The first-order chi connectivity index (χ1) is 7.57. The lowest BCUT2D eigenvalue weighted by molar-refractivity contribution is 0.690. The van der Waals surface area contributed by atoms with Crippen molar-refractivity contribution in [3.8, 4) is 0 Å². The van der Waals surface area contributed by atoms with E-state index in [9.17, 15) is 9.59 Å². The largest absolute Gasteiger partial charge is 0.332 e. The number of fused-ring (bicyclic) bond motifs is 1. The van der Waals surface area contributed by atoms with Gasteiger partial charge in [-0.25, -0.2) is 9.78 Å². The van der Waals surface area contributed by atoms with Crippen LogP contribution in [0.1, 0.15) is 0 Å². The van der Waals surface area contributed by atoms with E-state index in [4.69, 9.17) is 5.73 Å². The number of aromatic nitrogens is 4. The normalized spacial score (nSPS) is 10.5. The first kappa shape index (κ1) is 13.5. The maximum absolute atomic E-state index is 11.9. The summed E-state index contributed by atoms with van der Waals surface area (Å²) < 4.78 is 4.08. The Morgan fingerprint density at radius 1 is 1.29 bits per heavy atom. The van der Waals surface area contributed by atoms with Gasteiger partial charge in [0.25, 0.3) is 5.56 Å². The van der Waals surface area contributed by atoms with E-state index in [-0.39, 0.29) is 23.7 Å². The molecule has 0 spiro atoms. The first-order valence-corrected chi connectivity index (χ1v) is 4.89. The van der Waals surface area contributed by atoms with Crippen molar-refractivity contribution >= 4 is 23.6 Å². The average Bonchev–Trinajstić information content (AvgIpc) is 2.68. The molecule has 2 heterocycles. The topological polar surface area (TPSA) is 87.8 Å². The van der Waals surface area contributed by atoms with Gasteiger partial charge < -0.3 is 10.3 Å². The zero-order chi connectivity index (χ0) is 11.9. The van der Waals surface area contributed by atoms with Gasteiger partial charge >= 0.3 is 5.69 Å². The van der Waals surface area contributed by atoms with Gasteiger partial charge in [-0.1, -0.05) is 0 Å². The Morgan fingerprint density at radius 3 is 2.53 bits per heavy atom. The number of halogens is 1. The molecular formula is C9H14ClN5O2. The van der Waals surface area contributed by atoms with Crippen molar-refractivity contribution in [1.29, 1.82) is 0 Å². The Morgan fingerprint density at radius 2 is 1.94 bits per heavy atom. The fourth-order valence-corrected chi connectivity index (χ4v) is 1.71. The Kier molecular flexibility index (Phi) is 3.74. The smallest absolute Gasteiger partial charge is 0.329 e. The molecule has 0 fully saturated rings. The van der Waals surface area contributed by atoms with Gasteiger partial charge in [-0.05, 0) is 0 Å². The summed E-state index contributed by atoms with van der Waals surface area (Å²) in [5, 5.41) is 0. The molecule has 7 nitrogen and oxygen atoms in total. The minimum absolute atomic E-state index is 0. The molecule has 0 amide bonds. The Bertz CT molecular complexity index is 654. The number of imidazole rings is 1. The third kappa shape index (κ3) is 1.87. The molecule has 0 aromatic carbocycles. The van der Waals surface area contributed by atoms with Crippen molar-refractivity contribution in [2.75, 3.05) is 6.54 Å². The second kappa shape index (κ2) is 4.72. The second-order valence-corrected chi connectivity index (χ2v) is 3.60. The zero-order valence-corrected chi connectivity index (χ0v) is 10.4. The number of nitrogens with zero attached hydrogens (tertiary/aromatic N) is 4. The highest BCUT2D eigenvalue weighted by Crippen LogP contribution is 2.04. The minimum atomic E-state index is -0.379. The van der Waals surface area contributed by atoms with Crippen LogP contribution in [-0.2, 0) is 20.6 Å². The molecule has 0 saturated carbocycles. The molecule has 2 N–H and O–H groups in total. The van der Waals surface area contributed by atoms with Crippen LogP contribution >= 0.6 is 12.4 Å². The molecular weight excluding hydrogens is 246 g/mol. The highest BCUT2D eigenvalue weighted by Gasteiger charge is 2.13. The lowest BCUT2D eigenvalue weighted by Crippen LogP contribution is -2.37. The summed E-state index contributed by atoms with van der Waals surface area (Å²) in [5.74, 6) is 0. The molecule has 0 aliphatic rings. The summed E-state index contributed by atoms with van der Waals surface area (Å²) in [4.78, 5) is 27.6. The summed E-state index contributed by atoms with van der Waals surface area (Å²) in [6, 6.07) is 0. The molecule has 0 saturated heterocycles. The van der Waals surface area contributed by atoms with Crippen LogP contribution in [0.25, 0.3) is 11.2 Å². The van der Waals surface area contributed by atoms with Crippen molar-refractivity contribution in [1.82, 2.24) is 18.7 Å². The molecule has 2 aromatic rings. The quantitative estimate of drug-likeness (QED) is 0.735. The van der Waals surface area contributed by atoms with Gasteiger partial charge in [0, 0.05) is 27.2 Å². The summed E-state index contributed by atoms with van der Waals surface area (Å²) in [5.41, 5.74) is 5.52. The van der Waals surface area contributed by atoms with Crippen LogP contribution in [0.3, 0.4) is 0 Å². The number of hydrogen-bond donors (Lipinski definition) is 1. The fraction of sp³-hybridized carbons (Fsp3) is 0.444. The van der Waals surface area contributed by atoms with Crippen molar-refractivity contribution < 1.29 is 0 Å². The number of nitrogens with two attached hydrogens (primary N) is 1. The molecule has 0 aliphatic heterocycles. The third-order valence-corrected chi connectivity index (χ3v) is 2.59. The Balaban J connectivity index is 0.00000144. The number of hydrogen-bond acceptors (Lipinski definition) is 4. The summed E-state index contributed by atoms with van der Waals surface area (Å²) in [6.45, 7) is 0.918. The van der Waals surface area contributed by atoms with Crippen LogP contribution in [0.5, 0.6) is 0 Å². The maximum Gasteiger partial charge on any atom is 0.332 e. The van der Waals surface area contributed by atoms with Crippen LogP contribution in [-0.4, -0.2) is 25.2 Å². The van der Waals surface area contributed by atoms with Crippen molar-refractivity contribution in [2.24, 2.45) is 19.8 Å². The molecule has 0 unspecified atom stereocenters. The van der Waals surface area contributed by atoms with Gasteiger partial charge in [0.15, 0.2) is 11.2 Å². The van der Waals surface area contributed by atoms with E-state index < -0.39 is 0 Å². The predicted molar refractivity (Wildman–Crippen MR) is 66.5 cm³/mol. The molecule has 0 radical (unpaired) electrons. The standard InChI is InChI=1S/C9H13N5O2.ClH/c1-12-7-6(8(15)13(2)9(12)16)14(4-3-10)5-11-7;/h5H,3-4,10H2,1-2H3;1H. The van der Waals surface area contributed by atoms with E-state index in [1.807, 2.05) is 0 Å². The van der Waals surface area contributed by atoms with E-state index in [0.29, 0.717) is 24.3 Å². The number of rotatable bonds is 2. The van der Waals surface area contributed by atoms with Gasteiger partial charge in [0.1, 0.15) is 0 Å². The molecule has 2 aromatic heterocycles. The van der Waals surface area contributed by atoms with Crippen molar-refractivity contribution in [3.63, 3.8) is 0 Å². The highest BCUT2D eigenvalue weighted by molar-refractivity contribution is 5.85. The molecule has 8 heteroatoms. The molecule has 0 bridgehead atoms. The van der Waals surface area contributed by atoms with Crippen LogP contribution in [0, 0.1) is 0 Å². The van der Waals surface area contributed by atoms with Gasteiger partial charge in [0.05, 0.1) is 6.33 Å². The zero-order valence-electron chi connectivity index (χ0n) is 9.58. The van der Waals surface area contributed by atoms with Gasteiger partial charge in [-0.2, -0.15) is 0 Å². The van der Waals surface area contributed by atoms with Crippen LogP contribution in [0.2, 0.25) is 0 Å². The fourth-order valence-electron chi connectivity index (χ4n) is 1.71. The first-order valence-electron chi connectivity index (χ1n) is 4.89. The summed E-state index contributed by atoms with van der Waals surface area (Å²) in [7, 11) is 3.04. The highest BCUT2D eigenvalue weighted by atomic mass is 35.5. The van der Waals surface area contributed by atoms with Gasteiger partial charge in [-0.15, -0.1) is 12.4 Å². The van der Waals surface area contributed by atoms with E-state index in [1.54, 1.807) is 11.6 Å². The van der Waals surface area contributed by atoms with Crippen LogP contribution in [0.4, 0.5) is 0 Å². The van der Waals surface area contributed by atoms with Crippen LogP contribution in [0.15, 0.2) is 15.9 Å². The lowest BCUT2D eigenvalue weighted by atomic mass is 10.5. The van der Waals surface area contributed by atoms with Gasteiger partial charge in [0.2, 0.25) is 0 Å². The second-order valence-electron chi connectivity index (χ2n) is 3.60. The molecule has 2 rings (SSSR count). The van der Waals surface area contributed by atoms with E-state index in [1.165, 1.54) is 17.9 Å². The van der Waals surface area contributed by atoms with E-state index in [0.717, 1.165) is 4.57 Å². The van der Waals surface area contributed by atoms with Crippen molar-refractivity contribution in [3.05, 3.63) is 27.2 Å². The maximum atomic E-state index is 11.9. The molecule has 17 heavy (non-hydrogen) atoms. The minimum Gasteiger partial charge on any atom is -0.329 e. The summed E-state index contributed by atoms with van der Waals surface area (Å²) in [6.07, 6.45) is 1.53. The van der Waals surface area contributed by atoms with Gasteiger partial charge in [-0.3, -0.25) is 13.9 Å². The Hall–Kier alpha value is -1.60. The average molecular weight is 260 g/mol. The third-order valence-electron chi connectivity index (χ3n) is 2.59. The molecule has 0 atom stereocenters. The monoisotopic (exact) mass is 259 g/mol. The predicted octanol–water partition coefficient (Wildman–Crippen LogP) is -1.19. The molecule has 0 aliphatic carbocycles. The van der Waals surface area contributed by atoms with E-state index >= 15 is 0 Å². The van der Waals surface area contributed by atoms with E-state index in [2.05, 4.69) is 4.98 Å². The lowest BCUT2D eigenvalue weighted by Gasteiger charge is -2.05. The number of aryl methyl sites for hydroxylation is 1.